The highest BCUT2D eigenvalue weighted by atomic mass is 32.1. The molecule has 0 spiro atoms. The minimum absolute atomic E-state index is 0.257. The first kappa shape index (κ1) is 22.6. The van der Waals surface area contributed by atoms with Crippen molar-refractivity contribution in [1.29, 1.82) is 5.26 Å². The molecule has 4 rings (SSSR count). The Morgan fingerprint density at radius 2 is 1.56 bits per heavy atom. The van der Waals surface area contributed by atoms with Crippen LogP contribution in [0.15, 0.2) is 77.3 Å². The first-order chi connectivity index (χ1) is 15.5. The van der Waals surface area contributed by atoms with Crippen molar-refractivity contribution in [2.24, 2.45) is 0 Å². The molecule has 0 amide bonds. The molecular formula is C24H24N2O5S. The number of benzene rings is 2. The largest absolute Gasteiger partial charge is 0.394 e. The lowest BCUT2D eigenvalue weighted by atomic mass is 9.87. The van der Waals surface area contributed by atoms with Crippen molar-refractivity contribution >= 4 is 18.3 Å². The van der Waals surface area contributed by atoms with Crippen LogP contribution in [-0.2, 0) is 4.74 Å². The number of aliphatic hydroxyl groups excluding tert-OH is 4. The third-order valence-electron chi connectivity index (χ3n) is 5.83. The van der Waals surface area contributed by atoms with Gasteiger partial charge in [-0.3, -0.25) is 0 Å². The van der Waals surface area contributed by atoms with E-state index >= 15 is 0 Å². The normalized spacial score (nSPS) is 30.6. The van der Waals surface area contributed by atoms with E-state index in [9.17, 15) is 25.7 Å². The lowest BCUT2D eigenvalue weighted by Crippen LogP contribution is -2.62. The Labute approximate surface area is 191 Å². The van der Waals surface area contributed by atoms with Gasteiger partial charge in [0, 0.05) is 11.6 Å². The van der Waals surface area contributed by atoms with E-state index in [1.54, 1.807) is 4.90 Å². The lowest BCUT2D eigenvalue weighted by molar-refractivity contribution is -0.252. The number of thiol groups is 1. The predicted octanol–water partition coefficient (Wildman–Crippen LogP) is 1.59. The number of hydrogen-bond acceptors (Lipinski definition) is 8. The van der Waals surface area contributed by atoms with Crippen LogP contribution < -0.4 is 0 Å². The van der Waals surface area contributed by atoms with Crippen LogP contribution in [0.25, 0.3) is 5.70 Å². The molecule has 2 aromatic carbocycles. The number of aliphatic hydroxyl groups is 4. The highest BCUT2D eigenvalue weighted by Gasteiger charge is 2.48. The number of nitrogens with zero attached hydrogens (tertiary/aromatic N) is 2. The van der Waals surface area contributed by atoms with Crippen molar-refractivity contribution in [2.75, 3.05) is 6.61 Å². The highest BCUT2D eigenvalue weighted by molar-refractivity contribution is 7.84. The molecule has 2 heterocycles. The van der Waals surface area contributed by atoms with Crippen molar-refractivity contribution in [1.82, 2.24) is 4.90 Å². The number of rotatable bonds is 4. The molecule has 6 atom stereocenters. The van der Waals surface area contributed by atoms with E-state index in [2.05, 4.69) is 18.7 Å². The van der Waals surface area contributed by atoms with Gasteiger partial charge in [-0.1, -0.05) is 60.7 Å². The maximum absolute atomic E-state index is 10.8. The van der Waals surface area contributed by atoms with Gasteiger partial charge in [0.15, 0.2) is 6.23 Å². The summed E-state index contributed by atoms with van der Waals surface area (Å²) < 4.78 is 5.81. The van der Waals surface area contributed by atoms with Gasteiger partial charge in [0.2, 0.25) is 0 Å². The van der Waals surface area contributed by atoms with Gasteiger partial charge in [0.25, 0.3) is 0 Å². The number of ether oxygens (including phenoxy) is 1. The lowest BCUT2D eigenvalue weighted by Gasteiger charge is -2.47. The van der Waals surface area contributed by atoms with Gasteiger partial charge in [0.05, 0.1) is 23.3 Å². The summed E-state index contributed by atoms with van der Waals surface area (Å²) in [4.78, 5) is 1.54. The third kappa shape index (κ3) is 3.95. The number of allylic oxidation sites excluding steroid dienone is 2. The zero-order valence-electron chi connectivity index (χ0n) is 17.1. The van der Waals surface area contributed by atoms with Gasteiger partial charge in [-0.2, -0.15) is 5.26 Å². The van der Waals surface area contributed by atoms with Gasteiger partial charge in [0.1, 0.15) is 24.4 Å². The molecule has 1 fully saturated rings. The van der Waals surface area contributed by atoms with Crippen molar-refractivity contribution in [3.8, 4) is 6.07 Å². The van der Waals surface area contributed by atoms with Gasteiger partial charge >= 0.3 is 0 Å². The first-order valence-corrected chi connectivity index (χ1v) is 10.7. The van der Waals surface area contributed by atoms with E-state index in [1.807, 2.05) is 66.7 Å². The molecule has 1 saturated heterocycles. The minimum atomic E-state index is -1.55. The molecule has 0 saturated carbocycles. The second kappa shape index (κ2) is 9.46. The summed E-state index contributed by atoms with van der Waals surface area (Å²) in [5, 5.41) is 51.2. The van der Waals surface area contributed by atoms with Crippen LogP contribution in [0.3, 0.4) is 0 Å². The van der Waals surface area contributed by atoms with Gasteiger partial charge < -0.3 is 30.1 Å². The quantitative estimate of drug-likeness (QED) is 0.447. The fourth-order valence-electron chi connectivity index (χ4n) is 4.14. The zero-order chi connectivity index (χ0) is 22.8. The van der Waals surface area contributed by atoms with E-state index in [-0.39, 0.29) is 10.9 Å². The SMILES string of the molecule is N#CC1=C(S)N([C@@H]2O[C@@H](CO)[C@@H](O)[C@@H](O)[C@H]2O)C(c2ccccc2)=C[C@@H]1c1ccccc1. The Balaban J connectivity index is 1.86. The van der Waals surface area contributed by atoms with Gasteiger partial charge in [-0.25, -0.2) is 0 Å². The fourth-order valence-corrected chi connectivity index (χ4v) is 4.56. The van der Waals surface area contributed by atoms with Crippen LogP contribution in [-0.4, -0.2) is 62.6 Å². The summed E-state index contributed by atoms with van der Waals surface area (Å²) >= 11 is 4.66. The Morgan fingerprint density at radius 3 is 2.16 bits per heavy atom. The second-order valence-electron chi connectivity index (χ2n) is 7.74. The maximum Gasteiger partial charge on any atom is 0.164 e. The van der Waals surface area contributed by atoms with E-state index < -0.39 is 37.3 Å². The third-order valence-corrected chi connectivity index (χ3v) is 6.29. The molecule has 166 valence electrons. The topological polar surface area (TPSA) is 117 Å². The molecule has 32 heavy (non-hydrogen) atoms. The Hall–Kier alpha value is -2.64. The minimum Gasteiger partial charge on any atom is -0.394 e. The van der Waals surface area contributed by atoms with Gasteiger partial charge in [-0.15, -0.1) is 12.6 Å². The van der Waals surface area contributed by atoms with E-state index in [0.717, 1.165) is 11.1 Å². The second-order valence-corrected chi connectivity index (χ2v) is 8.17. The van der Waals surface area contributed by atoms with Crippen LogP contribution in [0.4, 0.5) is 0 Å². The molecule has 0 aliphatic carbocycles. The average molecular weight is 453 g/mol. The highest BCUT2D eigenvalue weighted by Crippen LogP contribution is 2.44. The molecule has 0 radical (unpaired) electrons. The summed E-state index contributed by atoms with van der Waals surface area (Å²) in [6, 6.07) is 21.1. The summed E-state index contributed by atoms with van der Waals surface area (Å²) in [5.74, 6) is -0.384. The van der Waals surface area contributed by atoms with E-state index in [4.69, 9.17) is 4.74 Å². The molecule has 0 unspecified atom stereocenters. The van der Waals surface area contributed by atoms with Crippen LogP contribution in [0.5, 0.6) is 0 Å². The van der Waals surface area contributed by atoms with Crippen LogP contribution in [0.1, 0.15) is 17.0 Å². The standard InChI is InChI=1S/C24H24N2O5S/c25-12-17-16(14-7-3-1-4-8-14)11-18(15-9-5-2-6-10-15)26(24(17)32)23-22(30)21(29)20(28)19(13-27)31-23/h1-11,16,19-23,27-30,32H,13H2/t16-,19+,20-,21-,22-,23-/m1/s1. The Bertz CT molecular complexity index is 1050. The Morgan fingerprint density at radius 1 is 0.938 bits per heavy atom. The van der Waals surface area contributed by atoms with E-state index in [1.165, 1.54) is 0 Å². The summed E-state index contributed by atoms with van der Waals surface area (Å²) in [7, 11) is 0. The van der Waals surface area contributed by atoms with Crippen LogP contribution >= 0.6 is 12.6 Å². The van der Waals surface area contributed by atoms with Crippen molar-refractivity contribution in [3.63, 3.8) is 0 Å². The molecule has 2 aromatic rings. The van der Waals surface area contributed by atoms with Crippen molar-refractivity contribution in [3.05, 3.63) is 88.5 Å². The van der Waals surface area contributed by atoms with Crippen molar-refractivity contribution < 1.29 is 25.2 Å². The predicted molar refractivity (Wildman–Crippen MR) is 121 cm³/mol. The molecule has 0 aromatic heterocycles. The molecular weight excluding hydrogens is 428 g/mol. The Kier molecular flexibility index (Phi) is 6.67. The molecule has 0 bridgehead atoms. The number of nitriles is 1. The molecule has 8 heteroatoms. The van der Waals surface area contributed by atoms with Gasteiger partial charge in [-0.05, 0) is 17.2 Å². The van der Waals surface area contributed by atoms with Crippen LogP contribution in [0, 0.1) is 11.3 Å². The number of hydrogen-bond donors (Lipinski definition) is 5. The summed E-state index contributed by atoms with van der Waals surface area (Å²) in [6.07, 6.45) is -4.94. The van der Waals surface area contributed by atoms with E-state index in [0.29, 0.717) is 11.3 Å². The first-order valence-electron chi connectivity index (χ1n) is 10.2. The fraction of sp³-hybridized carbons (Fsp3) is 0.292. The van der Waals surface area contributed by atoms with Crippen molar-refractivity contribution in [2.45, 2.75) is 36.6 Å². The maximum atomic E-state index is 10.8. The molecule has 4 N–H and O–H groups in total. The molecule has 2 aliphatic heterocycles. The zero-order valence-corrected chi connectivity index (χ0v) is 18.0. The monoisotopic (exact) mass is 452 g/mol. The molecule has 2 aliphatic rings. The average Bonchev–Trinajstić information content (AvgIpc) is 2.84. The van der Waals surface area contributed by atoms with Crippen LogP contribution in [0.2, 0.25) is 0 Å². The summed E-state index contributed by atoms with van der Waals surface area (Å²) in [5.41, 5.74) is 2.65. The summed E-state index contributed by atoms with van der Waals surface area (Å²) in [6.45, 7) is -0.553. The smallest absolute Gasteiger partial charge is 0.164 e. The molecule has 7 nitrogen and oxygen atoms in total.